The van der Waals surface area contributed by atoms with Crippen molar-refractivity contribution in [3.8, 4) is 0 Å². The lowest BCUT2D eigenvalue weighted by Gasteiger charge is -2.26. The predicted octanol–water partition coefficient (Wildman–Crippen LogP) is 5.86. The van der Waals surface area contributed by atoms with Crippen molar-refractivity contribution < 1.29 is 28.2 Å². The molecule has 2 rings (SSSR count). The van der Waals surface area contributed by atoms with Gasteiger partial charge in [-0.15, -0.1) is 0 Å². The number of unbranched alkanes of at least 4 members (excludes halogenated alkanes) is 13. The van der Waals surface area contributed by atoms with Crippen LogP contribution in [0.15, 0.2) is 12.7 Å². The summed E-state index contributed by atoms with van der Waals surface area (Å²) in [7, 11) is -2.64. The molecule has 0 aromatic carbocycles. The third kappa shape index (κ3) is 16.0. The molecule has 0 amide bonds. The first-order valence-electron chi connectivity index (χ1n) is 15.5. The van der Waals surface area contributed by atoms with E-state index in [1.807, 2.05) is 0 Å². The van der Waals surface area contributed by atoms with Crippen LogP contribution in [0.3, 0.4) is 0 Å². The Morgan fingerprint density at radius 3 is 2.12 bits per heavy atom. The number of hydrogen-bond acceptors (Lipinski definition) is 10. The van der Waals surface area contributed by atoms with E-state index in [1.165, 1.54) is 96.9 Å². The second kappa shape index (κ2) is 22.0. The molecule has 0 fully saturated rings. The van der Waals surface area contributed by atoms with Crippen LogP contribution < -0.4 is 10.6 Å². The largest absolute Gasteiger partial charge is 0.777 e. The van der Waals surface area contributed by atoms with Crippen LogP contribution in [0.25, 0.3) is 11.2 Å². The van der Waals surface area contributed by atoms with Crippen LogP contribution in [-0.2, 0) is 29.8 Å². The third-order valence-corrected chi connectivity index (χ3v) is 8.06. The number of nitrogens with two attached hydrogens (primary N) is 1. The van der Waals surface area contributed by atoms with Crippen molar-refractivity contribution >= 4 is 24.6 Å². The Morgan fingerprint density at radius 1 is 0.878 bits per heavy atom. The van der Waals surface area contributed by atoms with Crippen molar-refractivity contribution in [2.75, 3.05) is 45.6 Å². The number of nitrogen functional groups attached to an aromatic ring is 1. The first-order valence-corrected chi connectivity index (χ1v) is 17.2. The lowest BCUT2D eigenvalue weighted by atomic mass is 10.0. The van der Waals surface area contributed by atoms with Gasteiger partial charge in [0.25, 0.3) is 0 Å². The molecule has 2 N–H and O–H groups in total. The van der Waals surface area contributed by atoms with E-state index in [4.69, 9.17) is 24.5 Å². The van der Waals surface area contributed by atoms with Crippen molar-refractivity contribution in [2.45, 2.75) is 116 Å². The zero-order valence-electron chi connectivity index (χ0n) is 25.3. The quantitative estimate of drug-likeness (QED) is 0.0980. The van der Waals surface area contributed by atoms with Crippen LogP contribution in [0.1, 0.15) is 103 Å². The van der Waals surface area contributed by atoms with Crippen molar-refractivity contribution in [3.05, 3.63) is 12.7 Å². The van der Waals surface area contributed by atoms with Crippen molar-refractivity contribution in [1.82, 2.24) is 19.5 Å². The SMILES string of the molecule is CCCCCCCCCCCCCCCCOCCCOP(=O)([O-])CO[C@H](COC)Cn1cnc2c(N)ncnc21. The van der Waals surface area contributed by atoms with E-state index in [1.54, 1.807) is 10.9 Å². The molecule has 2 aromatic heterocycles. The summed E-state index contributed by atoms with van der Waals surface area (Å²) in [5, 5.41) is 0. The maximum atomic E-state index is 12.3. The van der Waals surface area contributed by atoms with Gasteiger partial charge in [0, 0.05) is 20.3 Å². The number of nitrogens with zero attached hydrogens (tertiary/aromatic N) is 4. The molecule has 236 valence electrons. The van der Waals surface area contributed by atoms with Gasteiger partial charge in [0.05, 0.1) is 32.2 Å². The zero-order valence-corrected chi connectivity index (χ0v) is 26.2. The molecule has 0 aliphatic rings. The van der Waals surface area contributed by atoms with Gasteiger partial charge in [0.2, 0.25) is 0 Å². The minimum absolute atomic E-state index is 0.0696. The van der Waals surface area contributed by atoms with Gasteiger partial charge in [0.1, 0.15) is 18.2 Å². The van der Waals surface area contributed by atoms with Gasteiger partial charge in [-0.1, -0.05) is 90.4 Å². The minimum Gasteiger partial charge on any atom is -0.777 e. The van der Waals surface area contributed by atoms with E-state index in [-0.39, 0.29) is 25.6 Å². The monoisotopic (exact) mass is 598 g/mol. The number of fused-ring (bicyclic) bond motifs is 1. The molecule has 2 heterocycles. The maximum absolute atomic E-state index is 12.3. The van der Waals surface area contributed by atoms with Crippen LogP contribution in [0, 0.1) is 0 Å². The van der Waals surface area contributed by atoms with Crippen LogP contribution in [0.5, 0.6) is 0 Å². The van der Waals surface area contributed by atoms with Gasteiger partial charge >= 0.3 is 0 Å². The number of ether oxygens (including phenoxy) is 3. The summed E-state index contributed by atoms with van der Waals surface area (Å²) >= 11 is 0. The Balaban J connectivity index is 1.45. The van der Waals surface area contributed by atoms with E-state index in [0.717, 1.165) is 6.42 Å². The van der Waals surface area contributed by atoms with Crippen molar-refractivity contribution in [2.24, 2.45) is 0 Å². The normalized spacial score (nSPS) is 14.0. The van der Waals surface area contributed by atoms with Gasteiger partial charge < -0.3 is 38.5 Å². The van der Waals surface area contributed by atoms with Crippen LogP contribution in [-0.4, -0.2) is 65.5 Å². The number of hydrogen-bond donors (Lipinski definition) is 1. The molecule has 1 unspecified atom stereocenters. The lowest BCUT2D eigenvalue weighted by Crippen LogP contribution is -2.27. The summed E-state index contributed by atoms with van der Waals surface area (Å²) in [6, 6.07) is 0. The summed E-state index contributed by atoms with van der Waals surface area (Å²) in [4.78, 5) is 24.7. The van der Waals surface area contributed by atoms with Gasteiger partial charge in [-0.05, 0) is 12.8 Å². The van der Waals surface area contributed by atoms with Crippen molar-refractivity contribution in [3.63, 3.8) is 0 Å². The molecular formula is C29H53N5O6P-. The van der Waals surface area contributed by atoms with E-state index in [2.05, 4.69) is 21.9 Å². The molecule has 2 aromatic rings. The topological polar surface area (TPSA) is 147 Å². The average molecular weight is 599 g/mol. The highest BCUT2D eigenvalue weighted by Gasteiger charge is 2.18. The van der Waals surface area contributed by atoms with Gasteiger partial charge in [-0.2, -0.15) is 0 Å². The minimum atomic E-state index is -4.16. The Morgan fingerprint density at radius 2 is 1.49 bits per heavy atom. The predicted molar refractivity (Wildman–Crippen MR) is 161 cm³/mol. The smallest absolute Gasteiger partial charge is 0.165 e. The average Bonchev–Trinajstić information content (AvgIpc) is 3.37. The number of methoxy groups -OCH3 is 1. The molecule has 12 heteroatoms. The highest BCUT2D eigenvalue weighted by atomic mass is 31.2. The molecule has 0 aliphatic carbocycles. The fraction of sp³-hybridized carbons (Fsp3) is 0.828. The summed E-state index contributed by atoms with van der Waals surface area (Å²) in [5.74, 6) is 0.277. The van der Waals surface area contributed by atoms with Crippen molar-refractivity contribution in [1.29, 1.82) is 0 Å². The Labute approximate surface area is 246 Å². The highest BCUT2D eigenvalue weighted by Crippen LogP contribution is 2.37. The highest BCUT2D eigenvalue weighted by molar-refractivity contribution is 7.51. The molecule has 0 aliphatic heterocycles. The van der Waals surface area contributed by atoms with Crippen LogP contribution in [0.2, 0.25) is 0 Å². The molecule has 0 radical (unpaired) electrons. The van der Waals surface area contributed by atoms with Crippen LogP contribution >= 0.6 is 7.60 Å². The first kappa shape index (κ1) is 35.6. The molecule has 0 saturated carbocycles. The summed E-state index contributed by atoms with van der Waals surface area (Å²) < 4.78 is 35.6. The van der Waals surface area contributed by atoms with Crippen LogP contribution in [0.4, 0.5) is 5.82 Å². The summed E-state index contributed by atoms with van der Waals surface area (Å²) in [5.41, 5.74) is 6.85. The molecule has 2 atom stereocenters. The van der Waals surface area contributed by atoms with E-state index >= 15 is 0 Å². The Hall–Kier alpha value is -1.62. The van der Waals surface area contributed by atoms with E-state index < -0.39 is 20.0 Å². The fourth-order valence-corrected chi connectivity index (χ4v) is 5.57. The van der Waals surface area contributed by atoms with E-state index in [9.17, 15) is 9.46 Å². The molecule has 11 nitrogen and oxygen atoms in total. The second-order valence-corrected chi connectivity index (χ2v) is 12.4. The fourth-order valence-electron chi connectivity index (χ4n) is 4.69. The van der Waals surface area contributed by atoms with Gasteiger partial charge in [0.15, 0.2) is 19.1 Å². The zero-order chi connectivity index (χ0) is 29.6. The number of anilines is 1. The molecule has 0 spiro atoms. The number of aromatic nitrogens is 4. The number of rotatable bonds is 27. The Kier molecular flexibility index (Phi) is 19.1. The second-order valence-electron chi connectivity index (χ2n) is 10.7. The van der Waals surface area contributed by atoms with Gasteiger partial charge in [-0.3, -0.25) is 0 Å². The maximum Gasteiger partial charge on any atom is 0.165 e. The molecule has 0 bridgehead atoms. The molecular weight excluding hydrogens is 545 g/mol. The Bertz CT molecular complexity index is 978. The van der Waals surface area contributed by atoms with Gasteiger partial charge in [-0.25, -0.2) is 15.0 Å². The molecule has 0 saturated heterocycles. The molecule has 41 heavy (non-hydrogen) atoms. The lowest BCUT2D eigenvalue weighted by molar-refractivity contribution is -0.206. The summed E-state index contributed by atoms with van der Waals surface area (Å²) in [6.07, 6.45) is 20.9. The standard InChI is InChI=1S/C29H54N5O6P/c1-3-4-5-6-7-8-9-10-11-12-13-14-15-16-18-38-19-17-20-40-41(35,36)25-39-26(22-37-2)21-34-24-33-27-28(30)31-23-32-29(27)34/h23-24,26H,3-22,25H2,1-2H3,(H,35,36)(H2,30,31,32)/p-1/t26-/m0/s1. The first-order chi connectivity index (χ1) is 20.0. The summed E-state index contributed by atoms with van der Waals surface area (Å²) in [6.45, 7) is 3.99. The number of imidazole rings is 1. The van der Waals surface area contributed by atoms with E-state index in [0.29, 0.717) is 30.8 Å². The third-order valence-electron chi connectivity index (χ3n) is 7.01.